The number of unbranched alkanes of at least 4 members (excludes halogenated alkanes) is 6. The number of rotatable bonds is 26. The minimum absolute atomic E-state index is 0. The van der Waals surface area contributed by atoms with Gasteiger partial charge in [-0.05, 0) is 87.8 Å². The predicted octanol–water partition coefficient (Wildman–Crippen LogP) is -2.51. The van der Waals surface area contributed by atoms with Crippen molar-refractivity contribution in [2.75, 3.05) is 0 Å². The number of carbonyl (C=O) groups excluding carboxylic acids is 4. The molecule has 4 atom stereocenters. The van der Waals surface area contributed by atoms with Crippen molar-refractivity contribution in [3.05, 3.63) is 68.7 Å². The van der Waals surface area contributed by atoms with Crippen molar-refractivity contribution in [3.8, 4) is 0 Å². The molecule has 6 N–H and O–H groups in total. The van der Waals surface area contributed by atoms with Crippen molar-refractivity contribution in [1.29, 1.82) is 0 Å². The van der Waals surface area contributed by atoms with Gasteiger partial charge in [-0.15, -0.1) is 0 Å². The van der Waals surface area contributed by atoms with Gasteiger partial charge in [-0.1, -0.05) is 73.9 Å². The van der Waals surface area contributed by atoms with Crippen LogP contribution in [0.25, 0.3) is 0 Å². The van der Waals surface area contributed by atoms with E-state index in [4.69, 9.17) is 33.4 Å². The maximum absolute atomic E-state index is 11.7. The molecule has 0 aliphatic rings. The van der Waals surface area contributed by atoms with Gasteiger partial charge in [-0.2, -0.15) is 0 Å². The molecule has 0 aliphatic heterocycles. The molecule has 18 heteroatoms. The van der Waals surface area contributed by atoms with E-state index in [1.165, 1.54) is 13.8 Å². The van der Waals surface area contributed by atoms with E-state index >= 15 is 0 Å². The second-order valence-corrected chi connectivity index (χ2v) is 15.0. The fourth-order valence-corrected chi connectivity index (χ4v) is 6.56. The van der Waals surface area contributed by atoms with Crippen LogP contribution in [0.4, 0.5) is 0 Å². The summed E-state index contributed by atoms with van der Waals surface area (Å²) in [7, 11) is 0. The van der Waals surface area contributed by atoms with E-state index in [1.807, 2.05) is 12.1 Å². The van der Waals surface area contributed by atoms with Crippen LogP contribution in [0.5, 0.6) is 0 Å². The number of halogens is 2. The average molecular weight is 874 g/mol. The Hall–Kier alpha value is -1.92. The van der Waals surface area contributed by atoms with Crippen molar-refractivity contribution < 1.29 is 129 Å². The van der Waals surface area contributed by atoms with Gasteiger partial charge < -0.3 is 50.4 Å². The Morgan fingerprint density at radius 1 is 0.586 bits per heavy atom. The van der Waals surface area contributed by atoms with Gasteiger partial charge in [-0.3, -0.25) is 9.59 Å². The minimum atomic E-state index is -2.53. The largest absolute Gasteiger partial charge is 1.00 e. The average Bonchev–Trinajstić information content (AvgIpc) is 3.08. The number of aliphatic carboxylic acids is 4. The standard InChI is InChI=1S/2C20H27ClO7.2Na/c2*1-13(22)17-10-15(21)9-8-14(17)6-4-2-3-5-7-16(23)11-20(28,19(26)27)12-18(24)25;;/h2*8-10,16,23,28H,2-7,11-12H2,1H3,(H,24,25)(H,26,27);;/q;;2*+1/p-2. The molecule has 2 aromatic rings. The van der Waals surface area contributed by atoms with Crippen molar-refractivity contribution in [1.82, 2.24) is 0 Å². The number of aryl methyl sites for hydroxylation is 2. The van der Waals surface area contributed by atoms with Gasteiger partial charge >= 0.3 is 71.1 Å². The molecule has 0 saturated heterocycles. The molecular weight excluding hydrogens is 821 g/mol. The van der Waals surface area contributed by atoms with E-state index in [-0.39, 0.29) is 83.5 Å². The Morgan fingerprint density at radius 2 is 0.897 bits per heavy atom. The molecule has 0 heterocycles. The SMILES string of the molecule is CC(=O)c1cc(Cl)ccc1CCCCCCC(O)CC(O)(CC(=O)[O-])C(=O)O.CC(=O)c1cc(Cl)ccc1CCCCCCC(O)CC(O)(CC(=O)[O-])C(=O)O.[Na+].[Na+]. The van der Waals surface area contributed by atoms with Crippen LogP contribution in [0, 0.1) is 0 Å². The van der Waals surface area contributed by atoms with E-state index < -0.39 is 73.0 Å². The predicted molar refractivity (Wildman–Crippen MR) is 202 cm³/mol. The van der Waals surface area contributed by atoms with Gasteiger partial charge in [0.2, 0.25) is 0 Å². The van der Waals surface area contributed by atoms with Crippen LogP contribution in [0.2, 0.25) is 10.0 Å². The monoisotopic (exact) mass is 872 g/mol. The molecule has 0 spiro atoms. The summed E-state index contributed by atoms with van der Waals surface area (Å²) in [5.41, 5.74) is -1.96. The van der Waals surface area contributed by atoms with Crippen molar-refractivity contribution in [2.24, 2.45) is 0 Å². The molecule has 0 saturated carbocycles. The van der Waals surface area contributed by atoms with Crippen LogP contribution >= 0.6 is 23.2 Å². The number of hydrogen-bond donors (Lipinski definition) is 6. The van der Waals surface area contributed by atoms with Crippen LogP contribution in [0.1, 0.15) is 136 Å². The maximum atomic E-state index is 11.7. The molecule has 2 aromatic carbocycles. The van der Waals surface area contributed by atoms with Crippen LogP contribution in [-0.4, -0.2) is 89.5 Å². The van der Waals surface area contributed by atoms with Gasteiger partial charge in [0.15, 0.2) is 22.8 Å². The quantitative estimate of drug-likeness (QED) is 0.0324. The zero-order valence-electron chi connectivity index (χ0n) is 33.6. The van der Waals surface area contributed by atoms with Crippen molar-refractivity contribution in [2.45, 2.75) is 140 Å². The summed E-state index contributed by atoms with van der Waals surface area (Å²) in [4.78, 5) is 66.6. The number of carboxylic acid groups (broad SMARTS) is 4. The second kappa shape index (κ2) is 29.4. The summed E-state index contributed by atoms with van der Waals surface area (Å²) < 4.78 is 0. The molecule has 0 aromatic heterocycles. The van der Waals surface area contributed by atoms with Gasteiger partial charge in [0, 0.05) is 58.8 Å². The zero-order chi connectivity index (χ0) is 42.6. The number of benzene rings is 2. The Morgan fingerprint density at radius 3 is 1.17 bits per heavy atom. The zero-order valence-corrected chi connectivity index (χ0v) is 39.1. The minimum Gasteiger partial charge on any atom is -0.550 e. The Labute approximate surface area is 392 Å². The molecule has 0 bridgehead atoms. The first-order valence-electron chi connectivity index (χ1n) is 18.4. The van der Waals surface area contributed by atoms with E-state index in [9.17, 15) is 59.4 Å². The molecule has 0 fully saturated rings. The number of aliphatic hydroxyl groups is 4. The molecule has 14 nitrogen and oxygen atoms in total. The maximum Gasteiger partial charge on any atom is 1.00 e. The second-order valence-electron chi connectivity index (χ2n) is 14.1. The fourth-order valence-electron chi connectivity index (χ4n) is 6.22. The van der Waals surface area contributed by atoms with Crippen LogP contribution < -0.4 is 69.3 Å². The third-order valence-electron chi connectivity index (χ3n) is 9.19. The molecule has 58 heavy (non-hydrogen) atoms. The first-order valence-corrected chi connectivity index (χ1v) is 19.1. The van der Waals surface area contributed by atoms with Gasteiger partial charge in [0.25, 0.3) is 0 Å². The number of hydrogen-bond acceptors (Lipinski definition) is 12. The third-order valence-corrected chi connectivity index (χ3v) is 9.66. The Kier molecular flexibility index (Phi) is 29.4. The molecule has 0 radical (unpaired) electrons. The van der Waals surface area contributed by atoms with E-state index in [1.54, 1.807) is 24.3 Å². The molecule has 2 rings (SSSR count). The van der Waals surface area contributed by atoms with Crippen LogP contribution in [0.3, 0.4) is 0 Å². The van der Waals surface area contributed by atoms with Gasteiger partial charge in [0.1, 0.15) is 0 Å². The van der Waals surface area contributed by atoms with Gasteiger partial charge in [-0.25, -0.2) is 9.59 Å². The summed E-state index contributed by atoms with van der Waals surface area (Å²) in [5.74, 6) is -6.85. The number of ketones is 2. The number of aliphatic hydroxyl groups excluding tert-OH is 2. The topological polar surface area (TPSA) is 270 Å². The third kappa shape index (κ3) is 22.6. The first-order chi connectivity index (χ1) is 26.1. The number of Topliss-reactive ketones (excluding diaryl/α,β-unsaturated/α-hetero) is 2. The number of carboxylic acids is 4. The summed E-state index contributed by atoms with van der Waals surface area (Å²) in [5, 5.41) is 79.7. The van der Waals surface area contributed by atoms with E-state index in [2.05, 4.69) is 0 Å². The van der Waals surface area contributed by atoms with Crippen molar-refractivity contribution >= 4 is 58.6 Å². The smallest absolute Gasteiger partial charge is 0.550 e. The van der Waals surface area contributed by atoms with Crippen LogP contribution in [-0.2, 0) is 32.0 Å². The fraction of sp³-hybridized carbons (Fsp3) is 0.550. The normalized spacial score (nSPS) is 13.8. The van der Waals surface area contributed by atoms with Crippen molar-refractivity contribution in [3.63, 3.8) is 0 Å². The Balaban J connectivity index is 0. The molecular formula is C40H52Cl2Na2O14. The van der Waals surface area contributed by atoms with E-state index in [0.717, 1.165) is 62.5 Å². The summed E-state index contributed by atoms with van der Waals surface area (Å²) in [6.07, 6.45) is 2.52. The molecule has 312 valence electrons. The van der Waals surface area contributed by atoms with E-state index in [0.29, 0.717) is 34.0 Å². The summed E-state index contributed by atoms with van der Waals surface area (Å²) in [6, 6.07) is 10.5. The van der Waals surface area contributed by atoms with Crippen LogP contribution in [0.15, 0.2) is 36.4 Å². The molecule has 0 aliphatic carbocycles. The molecule has 4 unspecified atom stereocenters. The summed E-state index contributed by atoms with van der Waals surface area (Å²) >= 11 is 11.8. The van der Waals surface area contributed by atoms with Gasteiger partial charge in [0.05, 0.1) is 12.2 Å². The number of carbonyl (C=O) groups is 6. The molecule has 0 amide bonds. The Bertz CT molecular complexity index is 1540. The first kappa shape index (κ1) is 58.2. The summed E-state index contributed by atoms with van der Waals surface area (Å²) in [6.45, 7) is 2.99.